The fourth-order valence-electron chi connectivity index (χ4n) is 3.86. The number of nitrogens with zero attached hydrogens (tertiary/aromatic N) is 1. The summed E-state index contributed by atoms with van der Waals surface area (Å²) in [6.45, 7) is 5.48. The highest BCUT2D eigenvalue weighted by atomic mass is 127. The van der Waals surface area contributed by atoms with Crippen LogP contribution in [0, 0.1) is 0 Å². The van der Waals surface area contributed by atoms with Gasteiger partial charge in [0.05, 0.1) is 23.8 Å². The highest BCUT2D eigenvalue weighted by Gasteiger charge is 2.42. The van der Waals surface area contributed by atoms with E-state index in [1.165, 1.54) is 11.1 Å². The third-order valence-electron chi connectivity index (χ3n) is 4.50. The molecule has 2 aromatic carbocycles. The Kier molecular flexibility index (Phi) is 4.51. The molecular weight excluding hydrogens is 409 g/mol. The molecule has 0 unspecified atom stereocenters. The normalized spacial score (nSPS) is 26.2. The number of rotatable bonds is 3. The van der Waals surface area contributed by atoms with Crippen LogP contribution in [-0.4, -0.2) is 32.2 Å². The van der Waals surface area contributed by atoms with E-state index in [9.17, 15) is 0 Å². The standard InChI is InChI=1S/C20H28NSi.HI/c1-21(16-22(2,3)4)15-14-17-10-8-9-13-19(17)20(21)18-11-6-5-7-12-18;/h5-13,20H,14-16H2,1-4H3;1H/q+1;/p-1/t20-,21-;/m0./s1/i1D3;. The van der Waals surface area contributed by atoms with Crippen LogP contribution in [0.3, 0.4) is 0 Å². The van der Waals surface area contributed by atoms with Gasteiger partial charge in [-0.2, -0.15) is 0 Å². The van der Waals surface area contributed by atoms with Gasteiger partial charge in [0.15, 0.2) is 0 Å². The van der Waals surface area contributed by atoms with Crippen LogP contribution in [0.2, 0.25) is 19.6 Å². The molecule has 1 nitrogen and oxygen atoms in total. The number of likely N-dealkylation sites (N-methyl/N-ethyl adjacent to an activating group) is 1. The van der Waals surface area contributed by atoms with Crippen LogP contribution in [0.4, 0.5) is 0 Å². The summed E-state index contributed by atoms with van der Waals surface area (Å²) in [7, 11) is -1.61. The van der Waals surface area contributed by atoms with Crippen molar-refractivity contribution in [2.45, 2.75) is 32.1 Å². The maximum Gasteiger partial charge on any atom is 0.140 e. The Hall–Kier alpha value is -0.653. The van der Waals surface area contributed by atoms with Gasteiger partial charge in [-0.1, -0.05) is 74.2 Å². The highest BCUT2D eigenvalue weighted by Crippen LogP contribution is 2.40. The van der Waals surface area contributed by atoms with Crippen molar-refractivity contribution in [2.75, 3.05) is 19.7 Å². The quantitative estimate of drug-likeness (QED) is 0.387. The average molecular weight is 440 g/mol. The number of hydrogen-bond acceptors (Lipinski definition) is 0. The summed E-state index contributed by atoms with van der Waals surface area (Å²) in [4.78, 5) is 0. The summed E-state index contributed by atoms with van der Waals surface area (Å²) in [6.07, 6.45) is 1.60. The van der Waals surface area contributed by atoms with Crippen LogP contribution in [-0.2, 0) is 6.42 Å². The van der Waals surface area contributed by atoms with E-state index < -0.39 is 15.0 Å². The molecule has 0 amide bonds. The van der Waals surface area contributed by atoms with Crippen LogP contribution in [0.5, 0.6) is 0 Å². The van der Waals surface area contributed by atoms with Crippen molar-refractivity contribution < 1.29 is 32.6 Å². The van der Waals surface area contributed by atoms with E-state index in [1.807, 2.05) is 24.3 Å². The van der Waals surface area contributed by atoms with Crippen molar-refractivity contribution in [3.05, 3.63) is 71.3 Å². The van der Waals surface area contributed by atoms with E-state index in [1.54, 1.807) is 0 Å². The first-order valence-corrected chi connectivity index (χ1v) is 11.8. The van der Waals surface area contributed by atoms with E-state index in [0.717, 1.165) is 18.2 Å². The van der Waals surface area contributed by atoms with Crippen molar-refractivity contribution in [2.24, 2.45) is 0 Å². The van der Waals surface area contributed by atoms with Gasteiger partial charge in [0, 0.05) is 17.5 Å². The van der Waals surface area contributed by atoms with Gasteiger partial charge in [-0.15, -0.1) is 0 Å². The summed E-state index contributed by atoms with van der Waals surface area (Å²) in [5, 5.41) is 0. The molecule has 0 N–H and O–H groups in total. The highest BCUT2D eigenvalue weighted by molar-refractivity contribution is 6.76. The molecule has 0 bridgehead atoms. The second-order valence-electron chi connectivity index (χ2n) is 7.74. The molecule has 0 aromatic heterocycles. The van der Waals surface area contributed by atoms with E-state index in [4.69, 9.17) is 4.11 Å². The van der Waals surface area contributed by atoms with Crippen molar-refractivity contribution in [3.63, 3.8) is 0 Å². The minimum Gasteiger partial charge on any atom is -1.00 e. The van der Waals surface area contributed by atoms with Crippen LogP contribution in [0.1, 0.15) is 26.8 Å². The van der Waals surface area contributed by atoms with Crippen LogP contribution in [0.25, 0.3) is 0 Å². The lowest BCUT2D eigenvalue weighted by Gasteiger charge is -2.48. The van der Waals surface area contributed by atoms with Gasteiger partial charge >= 0.3 is 0 Å². The fourth-order valence-corrected chi connectivity index (χ4v) is 5.89. The van der Waals surface area contributed by atoms with Crippen molar-refractivity contribution >= 4 is 8.07 Å². The van der Waals surface area contributed by atoms with E-state index in [0.29, 0.717) is 6.54 Å². The van der Waals surface area contributed by atoms with E-state index >= 15 is 0 Å². The Labute approximate surface area is 163 Å². The zero-order valence-electron chi connectivity index (χ0n) is 17.2. The van der Waals surface area contributed by atoms with Gasteiger partial charge < -0.3 is 28.5 Å². The molecule has 0 spiro atoms. The molecule has 1 aliphatic rings. The van der Waals surface area contributed by atoms with E-state index in [-0.39, 0.29) is 34.5 Å². The molecule has 0 aliphatic carbocycles. The maximum absolute atomic E-state index is 8.50. The summed E-state index contributed by atoms with van der Waals surface area (Å²) in [5.41, 5.74) is 3.60. The predicted octanol–water partition coefficient (Wildman–Crippen LogP) is 1.66. The monoisotopic (exact) mass is 440 g/mol. The smallest absolute Gasteiger partial charge is 0.140 e. The topological polar surface area (TPSA) is 0 Å². The summed E-state index contributed by atoms with van der Waals surface area (Å²) >= 11 is 0. The molecule has 124 valence electrons. The Balaban J connectivity index is 0.00000243. The van der Waals surface area contributed by atoms with Gasteiger partial charge in [0.1, 0.15) is 14.1 Å². The second kappa shape index (κ2) is 7.07. The number of quaternary nitrogens is 1. The third kappa shape index (κ3) is 4.06. The van der Waals surface area contributed by atoms with Gasteiger partial charge in [-0.25, -0.2) is 0 Å². The Morgan fingerprint density at radius 2 is 1.70 bits per heavy atom. The lowest BCUT2D eigenvalue weighted by molar-refractivity contribution is -0.926. The second-order valence-corrected chi connectivity index (χ2v) is 13.2. The predicted molar refractivity (Wildman–Crippen MR) is 97.7 cm³/mol. The molecule has 3 heteroatoms. The first-order chi connectivity index (χ1) is 11.6. The maximum atomic E-state index is 8.50. The molecule has 2 aromatic rings. The summed E-state index contributed by atoms with van der Waals surface area (Å²) in [6, 6.07) is 18.5. The van der Waals surface area contributed by atoms with Crippen LogP contribution >= 0.6 is 0 Å². The first kappa shape index (κ1) is 14.7. The van der Waals surface area contributed by atoms with Gasteiger partial charge in [-0.05, 0) is 5.56 Å². The summed E-state index contributed by atoms with van der Waals surface area (Å²) in [5.74, 6) is 0. The van der Waals surface area contributed by atoms with Crippen molar-refractivity contribution in [3.8, 4) is 0 Å². The molecule has 3 rings (SSSR count). The average Bonchev–Trinajstić information content (AvgIpc) is 2.53. The molecule has 0 fully saturated rings. The lowest BCUT2D eigenvalue weighted by atomic mass is 9.87. The van der Waals surface area contributed by atoms with Gasteiger partial charge in [0.25, 0.3) is 0 Å². The van der Waals surface area contributed by atoms with Gasteiger partial charge in [0.2, 0.25) is 0 Å². The molecule has 23 heavy (non-hydrogen) atoms. The minimum absolute atomic E-state index is 0. The number of halogens is 1. The largest absolute Gasteiger partial charge is 1.00 e. The number of benzene rings is 2. The van der Waals surface area contributed by atoms with E-state index in [2.05, 4.69) is 50.0 Å². The Morgan fingerprint density at radius 3 is 2.35 bits per heavy atom. The summed E-state index contributed by atoms with van der Waals surface area (Å²) < 4.78 is 25.7. The molecule has 0 radical (unpaired) electrons. The molecule has 1 aliphatic heterocycles. The lowest BCUT2D eigenvalue weighted by Crippen LogP contribution is -3.00. The van der Waals surface area contributed by atoms with Crippen LogP contribution < -0.4 is 24.0 Å². The SMILES string of the molecule is [2H]C([2H])([2H])[N@@+]1(C[Si](C)(C)C)CCc2ccccc2[C@@H]1c1ccccc1.[I-]. The number of fused-ring (bicyclic) bond motifs is 1. The fraction of sp³-hybridized carbons (Fsp3) is 0.400. The van der Waals surface area contributed by atoms with Crippen molar-refractivity contribution in [1.82, 2.24) is 0 Å². The zero-order valence-corrected chi connectivity index (χ0v) is 17.4. The zero-order chi connectivity index (χ0) is 18.3. The molecule has 1 heterocycles. The first-order valence-electron chi connectivity index (χ1n) is 9.64. The number of hydrogen-bond donors (Lipinski definition) is 0. The third-order valence-corrected chi connectivity index (χ3v) is 6.01. The molecular formula is C20H28INSi. The Morgan fingerprint density at radius 1 is 1.04 bits per heavy atom. The van der Waals surface area contributed by atoms with Crippen molar-refractivity contribution in [1.29, 1.82) is 0 Å². The minimum atomic E-state index is -2.03. The van der Waals surface area contributed by atoms with Crippen LogP contribution in [0.15, 0.2) is 54.6 Å². The molecule has 0 saturated carbocycles. The molecule has 2 atom stereocenters. The Bertz CT molecular complexity index is 743. The van der Waals surface area contributed by atoms with Gasteiger partial charge in [-0.3, -0.25) is 0 Å². The molecule has 0 saturated heterocycles.